The maximum atomic E-state index is 13.4. The summed E-state index contributed by atoms with van der Waals surface area (Å²) in [6.45, 7) is 3.32. The Labute approximate surface area is 189 Å². The molecule has 3 aromatic carbocycles. The van der Waals surface area contributed by atoms with Crippen LogP contribution in [-0.2, 0) is 4.79 Å². The Morgan fingerprint density at radius 2 is 1.73 bits per heavy atom. The summed E-state index contributed by atoms with van der Waals surface area (Å²) in [5.41, 5.74) is 2.79. The molecule has 6 nitrogen and oxygen atoms in total. The van der Waals surface area contributed by atoms with Gasteiger partial charge in [-0.2, -0.15) is 0 Å². The van der Waals surface area contributed by atoms with Crippen LogP contribution < -0.4 is 20.2 Å². The van der Waals surface area contributed by atoms with Gasteiger partial charge in [-0.3, -0.25) is 9.59 Å². The van der Waals surface area contributed by atoms with Crippen LogP contribution >= 0.6 is 0 Å². The van der Waals surface area contributed by atoms with Crippen molar-refractivity contribution >= 4 is 22.6 Å². The van der Waals surface area contributed by atoms with Crippen LogP contribution in [0.15, 0.2) is 69.9 Å². The molecule has 7 heteroatoms. The summed E-state index contributed by atoms with van der Waals surface area (Å²) in [4.78, 5) is 25.8. The molecule has 1 heterocycles. The molecule has 1 aromatic heterocycles. The third kappa shape index (κ3) is 4.72. The quantitative estimate of drug-likeness (QED) is 0.437. The molecule has 0 aliphatic heterocycles. The number of amides is 1. The van der Waals surface area contributed by atoms with E-state index >= 15 is 0 Å². The molecule has 0 bridgehead atoms. The van der Waals surface area contributed by atoms with Crippen molar-refractivity contribution in [2.45, 2.75) is 13.8 Å². The summed E-state index contributed by atoms with van der Waals surface area (Å²) < 4.78 is 30.1. The number of methoxy groups -OCH3 is 1. The monoisotopic (exact) mass is 447 g/mol. The first kappa shape index (κ1) is 22.1. The van der Waals surface area contributed by atoms with Crippen LogP contribution in [0.3, 0.4) is 0 Å². The molecule has 4 aromatic rings. The van der Waals surface area contributed by atoms with Gasteiger partial charge in [0.05, 0.1) is 12.5 Å². The number of halogens is 1. The number of nitrogens with one attached hydrogen (secondary N) is 1. The fraction of sp³-hybridized carbons (Fsp3) is 0.154. The average molecular weight is 447 g/mol. The van der Waals surface area contributed by atoms with Crippen molar-refractivity contribution in [3.8, 4) is 22.8 Å². The molecule has 0 saturated carbocycles. The van der Waals surface area contributed by atoms with Gasteiger partial charge >= 0.3 is 0 Å². The lowest BCUT2D eigenvalue weighted by molar-refractivity contribution is -0.118. The molecule has 0 atom stereocenters. The van der Waals surface area contributed by atoms with Crippen LogP contribution in [-0.4, -0.2) is 19.6 Å². The van der Waals surface area contributed by atoms with Crippen molar-refractivity contribution < 1.29 is 23.1 Å². The SMILES string of the molecule is COc1ccc(-c2oc3cc(C)cc(C)c3c(=O)c2OCC(=O)Nc2ccc(F)cc2)cc1. The largest absolute Gasteiger partial charge is 0.497 e. The van der Waals surface area contributed by atoms with E-state index in [9.17, 15) is 14.0 Å². The lowest BCUT2D eigenvalue weighted by Gasteiger charge is -2.13. The van der Waals surface area contributed by atoms with Gasteiger partial charge in [0.1, 0.15) is 17.1 Å². The highest BCUT2D eigenvalue weighted by Gasteiger charge is 2.20. The number of fused-ring (bicyclic) bond motifs is 1. The first-order valence-corrected chi connectivity index (χ1v) is 10.3. The summed E-state index contributed by atoms with van der Waals surface area (Å²) in [5.74, 6) is -0.103. The number of benzene rings is 3. The third-order valence-corrected chi connectivity index (χ3v) is 5.12. The summed E-state index contributed by atoms with van der Waals surface area (Å²) >= 11 is 0. The Morgan fingerprint density at radius 1 is 1.03 bits per heavy atom. The number of hydrogen-bond acceptors (Lipinski definition) is 5. The summed E-state index contributed by atoms with van der Waals surface area (Å²) in [6.07, 6.45) is 0. The fourth-order valence-electron chi connectivity index (χ4n) is 3.60. The third-order valence-electron chi connectivity index (χ3n) is 5.12. The molecular formula is C26H22FNO5. The van der Waals surface area contributed by atoms with Crippen molar-refractivity contribution in [3.05, 3.63) is 87.8 Å². The van der Waals surface area contributed by atoms with Gasteiger partial charge in [-0.1, -0.05) is 6.07 Å². The first-order chi connectivity index (χ1) is 15.9. The van der Waals surface area contributed by atoms with E-state index in [0.717, 1.165) is 11.1 Å². The zero-order valence-corrected chi connectivity index (χ0v) is 18.4. The lowest BCUT2D eigenvalue weighted by atomic mass is 10.0. The minimum absolute atomic E-state index is 0.0612. The van der Waals surface area contributed by atoms with Gasteiger partial charge in [0.2, 0.25) is 11.2 Å². The maximum absolute atomic E-state index is 13.4. The molecule has 0 saturated heterocycles. The van der Waals surface area contributed by atoms with Crippen LogP contribution in [0.1, 0.15) is 11.1 Å². The molecule has 168 valence electrons. The number of ether oxygens (including phenoxy) is 2. The van der Waals surface area contributed by atoms with Crippen molar-refractivity contribution in [1.82, 2.24) is 0 Å². The van der Waals surface area contributed by atoms with E-state index in [2.05, 4.69) is 5.32 Å². The molecule has 33 heavy (non-hydrogen) atoms. The number of anilines is 1. The second kappa shape index (κ2) is 9.16. The minimum atomic E-state index is -0.498. The molecular weight excluding hydrogens is 425 g/mol. The van der Waals surface area contributed by atoms with Gasteiger partial charge in [0, 0.05) is 11.3 Å². The Bertz CT molecular complexity index is 1380. The number of carbonyl (C=O) groups excluding carboxylic acids is 1. The zero-order chi connectivity index (χ0) is 23.5. The molecule has 0 aliphatic rings. The molecule has 0 unspecified atom stereocenters. The van der Waals surface area contributed by atoms with Crippen LogP contribution in [0.5, 0.6) is 11.5 Å². The van der Waals surface area contributed by atoms with E-state index in [-0.39, 0.29) is 16.9 Å². The van der Waals surface area contributed by atoms with E-state index in [1.807, 2.05) is 19.9 Å². The Balaban J connectivity index is 1.72. The van der Waals surface area contributed by atoms with Crippen LogP contribution in [0, 0.1) is 19.7 Å². The lowest BCUT2D eigenvalue weighted by Crippen LogP contribution is -2.22. The Kier molecular flexibility index (Phi) is 6.13. The highest BCUT2D eigenvalue weighted by molar-refractivity contribution is 5.92. The summed E-state index contributed by atoms with van der Waals surface area (Å²) in [7, 11) is 1.56. The van der Waals surface area contributed by atoms with Crippen molar-refractivity contribution in [3.63, 3.8) is 0 Å². The van der Waals surface area contributed by atoms with Gasteiger partial charge in [-0.25, -0.2) is 4.39 Å². The predicted molar refractivity (Wildman–Crippen MR) is 124 cm³/mol. The Hall–Kier alpha value is -4.13. The number of hydrogen-bond donors (Lipinski definition) is 1. The Morgan fingerprint density at radius 3 is 2.39 bits per heavy atom. The average Bonchev–Trinajstić information content (AvgIpc) is 2.79. The molecule has 4 rings (SSSR count). The molecule has 1 N–H and O–H groups in total. The van der Waals surface area contributed by atoms with E-state index in [0.29, 0.717) is 28.0 Å². The standard InChI is InChI=1S/C26H22FNO5/c1-15-12-16(2)23-21(13-15)33-25(17-4-10-20(31-3)11-5-17)26(24(23)30)32-14-22(29)28-19-8-6-18(27)7-9-19/h4-13H,14H2,1-3H3,(H,28,29). The van der Waals surface area contributed by atoms with Crippen LogP contribution in [0.2, 0.25) is 0 Å². The van der Waals surface area contributed by atoms with Crippen molar-refractivity contribution in [2.75, 3.05) is 19.0 Å². The highest BCUT2D eigenvalue weighted by Crippen LogP contribution is 2.33. The normalized spacial score (nSPS) is 10.8. The molecule has 0 aliphatic carbocycles. The van der Waals surface area contributed by atoms with Gasteiger partial charge < -0.3 is 19.2 Å². The van der Waals surface area contributed by atoms with E-state index < -0.39 is 18.3 Å². The van der Waals surface area contributed by atoms with Crippen LogP contribution in [0.4, 0.5) is 10.1 Å². The first-order valence-electron chi connectivity index (χ1n) is 10.3. The predicted octanol–water partition coefficient (Wildman–Crippen LogP) is 5.24. The molecule has 0 spiro atoms. The molecule has 0 fully saturated rings. The number of rotatable bonds is 6. The fourth-order valence-corrected chi connectivity index (χ4v) is 3.60. The number of carbonyl (C=O) groups is 1. The zero-order valence-electron chi connectivity index (χ0n) is 18.4. The van der Waals surface area contributed by atoms with E-state index in [1.165, 1.54) is 24.3 Å². The van der Waals surface area contributed by atoms with Gasteiger partial charge in [-0.15, -0.1) is 0 Å². The van der Waals surface area contributed by atoms with Gasteiger partial charge in [0.25, 0.3) is 5.91 Å². The minimum Gasteiger partial charge on any atom is -0.497 e. The maximum Gasteiger partial charge on any atom is 0.262 e. The highest BCUT2D eigenvalue weighted by atomic mass is 19.1. The van der Waals surface area contributed by atoms with Crippen molar-refractivity contribution in [1.29, 1.82) is 0 Å². The summed E-state index contributed by atoms with van der Waals surface area (Å²) in [5, 5.41) is 3.00. The number of aryl methyl sites for hydroxylation is 2. The van der Waals surface area contributed by atoms with Gasteiger partial charge in [-0.05, 0) is 79.6 Å². The van der Waals surface area contributed by atoms with Gasteiger partial charge in [0.15, 0.2) is 12.4 Å². The second-order valence-electron chi connectivity index (χ2n) is 7.62. The molecule has 0 radical (unpaired) electrons. The smallest absolute Gasteiger partial charge is 0.262 e. The second-order valence-corrected chi connectivity index (χ2v) is 7.62. The molecule has 1 amide bonds. The summed E-state index contributed by atoms with van der Waals surface area (Å²) in [6, 6.07) is 16.0. The van der Waals surface area contributed by atoms with E-state index in [4.69, 9.17) is 13.9 Å². The van der Waals surface area contributed by atoms with Crippen LogP contribution in [0.25, 0.3) is 22.3 Å². The van der Waals surface area contributed by atoms with E-state index in [1.54, 1.807) is 37.4 Å². The van der Waals surface area contributed by atoms with Crippen molar-refractivity contribution in [2.24, 2.45) is 0 Å². The topological polar surface area (TPSA) is 77.8 Å².